The molecule has 0 bridgehead atoms. The van der Waals surface area contributed by atoms with Gasteiger partial charge in [0.1, 0.15) is 5.69 Å². The predicted octanol–water partition coefficient (Wildman–Crippen LogP) is 0.982. The lowest BCUT2D eigenvalue weighted by Gasteiger charge is -2.05. The van der Waals surface area contributed by atoms with Gasteiger partial charge in [-0.25, -0.2) is 0 Å². The summed E-state index contributed by atoms with van der Waals surface area (Å²) >= 11 is 0. The number of hydrogen-bond acceptors (Lipinski definition) is 2. The van der Waals surface area contributed by atoms with Crippen LogP contribution in [0.25, 0.3) is 0 Å². The van der Waals surface area contributed by atoms with E-state index in [1.807, 2.05) is 11.5 Å². The molecule has 1 heterocycles. The van der Waals surface area contributed by atoms with Gasteiger partial charge < -0.3 is 15.6 Å². The third-order valence-electron chi connectivity index (χ3n) is 2.40. The summed E-state index contributed by atoms with van der Waals surface area (Å²) in [5.74, 6) is -0.00829. The maximum absolute atomic E-state index is 11.7. The number of carbonyl (C=O) groups is 1. The molecule has 0 atom stereocenters. The van der Waals surface area contributed by atoms with Crippen LogP contribution in [0.4, 0.5) is 5.69 Å². The lowest BCUT2D eigenvalue weighted by molar-refractivity contribution is 0.0942. The van der Waals surface area contributed by atoms with Crippen molar-refractivity contribution >= 4 is 11.6 Å². The van der Waals surface area contributed by atoms with Crippen molar-refractivity contribution in [1.82, 2.24) is 9.88 Å². The van der Waals surface area contributed by atoms with E-state index in [2.05, 4.69) is 5.32 Å². The van der Waals surface area contributed by atoms with Gasteiger partial charge in [0.25, 0.3) is 5.91 Å². The van der Waals surface area contributed by atoms with Crippen LogP contribution in [0.2, 0.25) is 0 Å². The topological polar surface area (TPSA) is 60.0 Å². The molecule has 0 aliphatic heterocycles. The average Bonchev–Trinajstić information content (AvgIpc) is 2.87. The van der Waals surface area contributed by atoms with E-state index in [1.54, 1.807) is 12.3 Å². The molecule has 1 fully saturated rings. The van der Waals surface area contributed by atoms with E-state index in [-0.39, 0.29) is 5.91 Å². The molecule has 0 radical (unpaired) electrons. The minimum absolute atomic E-state index is 0.00829. The second-order valence-corrected chi connectivity index (χ2v) is 3.69. The Balaban J connectivity index is 2.15. The summed E-state index contributed by atoms with van der Waals surface area (Å²) in [6, 6.07) is 2.12. The highest BCUT2D eigenvalue weighted by atomic mass is 16.2. The second-order valence-electron chi connectivity index (χ2n) is 3.69. The van der Waals surface area contributed by atoms with Crippen molar-refractivity contribution in [3.05, 3.63) is 18.0 Å². The third kappa shape index (κ3) is 1.73. The maximum Gasteiger partial charge on any atom is 0.268 e. The normalized spacial score (nSPS) is 15.5. The number of nitrogens with one attached hydrogen (secondary N) is 1. The molecule has 3 N–H and O–H groups in total. The van der Waals surface area contributed by atoms with Gasteiger partial charge in [-0.2, -0.15) is 0 Å². The van der Waals surface area contributed by atoms with Crippen LogP contribution in [0.5, 0.6) is 0 Å². The fourth-order valence-electron chi connectivity index (χ4n) is 1.47. The van der Waals surface area contributed by atoms with Crippen molar-refractivity contribution in [2.75, 3.05) is 5.73 Å². The number of carbonyl (C=O) groups excluding carboxylic acids is 1. The largest absolute Gasteiger partial charge is 0.397 e. The number of nitrogen functional groups attached to an aromatic ring is 1. The molecular weight excluding hydrogens is 178 g/mol. The van der Waals surface area contributed by atoms with Crippen molar-refractivity contribution in [1.29, 1.82) is 0 Å². The van der Waals surface area contributed by atoms with E-state index in [0.717, 1.165) is 19.4 Å². The van der Waals surface area contributed by atoms with Crippen LogP contribution in [0.1, 0.15) is 30.3 Å². The van der Waals surface area contributed by atoms with Crippen LogP contribution < -0.4 is 11.1 Å². The molecule has 1 aromatic rings. The Kier molecular flexibility index (Phi) is 2.19. The summed E-state index contributed by atoms with van der Waals surface area (Å²) in [6.07, 6.45) is 4.00. The van der Waals surface area contributed by atoms with Gasteiger partial charge in [0.05, 0.1) is 5.69 Å². The van der Waals surface area contributed by atoms with Gasteiger partial charge in [-0.1, -0.05) is 0 Å². The zero-order valence-corrected chi connectivity index (χ0v) is 8.29. The summed E-state index contributed by atoms with van der Waals surface area (Å²) in [6.45, 7) is 2.76. The zero-order valence-electron chi connectivity index (χ0n) is 8.29. The Morgan fingerprint density at radius 2 is 2.43 bits per heavy atom. The van der Waals surface area contributed by atoms with E-state index in [4.69, 9.17) is 5.73 Å². The number of aromatic nitrogens is 1. The molecule has 1 aliphatic rings. The number of nitrogens with zero attached hydrogens (tertiary/aromatic N) is 1. The fraction of sp³-hybridized carbons (Fsp3) is 0.500. The zero-order chi connectivity index (χ0) is 10.1. The SMILES string of the molecule is CCn1cc(N)cc1C(=O)NC1CC1. The van der Waals surface area contributed by atoms with E-state index >= 15 is 0 Å². The molecule has 0 saturated heterocycles. The monoisotopic (exact) mass is 193 g/mol. The van der Waals surface area contributed by atoms with Gasteiger partial charge in [-0.3, -0.25) is 4.79 Å². The quantitative estimate of drug-likeness (QED) is 0.751. The molecular formula is C10H15N3O. The van der Waals surface area contributed by atoms with Crippen molar-refractivity contribution in [2.45, 2.75) is 32.4 Å². The molecule has 0 aromatic carbocycles. The Labute approximate surface area is 83.1 Å². The lowest BCUT2D eigenvalue weighted by atomic mass is 10.3. The second kappa shape index (κ2) is 3.36. The Bertz CT molecular complexity index is 352. The Morgan fingerprint density at radius 1 is 1.71 bits per heavy atom. The first-order valence-corrected chi connectivity index (χ1v) is 4.97. The number of rotatable bonds is 3. The smallest absolute Gasteiger partial charge is 0.268 e. The van der Waals surface area contributed by atoms with Crippen LogP contribution in [0, 0.1) is 0 Å². The van der Waals surface area contributed by atoms with Gasteiger partial charge >= 0.3 is 0 Å². The van der Waals surface area contributed by atoms with Crippen LogP contribution in [0.3, 0.4) is 0 Å². The van der Waals surface area contributed by atoms with Crippen LogP contribution in [-0.2, 0) is 6.54 Å². The highest BCUT2D eigenvalue weighted by Crippen LogP contribution is 2.20. The van der Waals surface area contributed by atoms with Gasteiger partial charge in [-0.15, -0.1) is 0 Å². The van der Waals surface area contributed by atoms with Crippen molar-refractivity contribution in [3.8, 4) is 0 Å². The lowest BCUT2D eigenvalue weighted by Crippen LogP contribution is -2.27. The summed E-state index contributed by atoms with van der Waals surface area (Å²) in [5, 5.41) is 2.94. The number of hydrogen-bond donors (Lipinski definition) is 2. The van der Waals surface area contributed by atoms with Gasteiger partial charge in [-0.05, 0) is 25.8 Å². The van der Waals surface area contributed by atoms with Crippen molar-refractivity contribution in [3.63, 3.8) is 0 Å². The average molecular weight is 193 g/mol. The molecule has 0 spiro atoms. The first kappa shape index (κ1) is 9.12. The highest BCUT2D eigenvalue weighted by Gasteiger charge is 2.24. The van der Waals surface area contributed by atoms with Crippen LogP contribution in [-0.4, -0.2) is 16.5 Å². The molecule has 1 amide bonds. The molecule has 1 aliphatic carbocycles. The third-order valence-corrected chi connectivity index (χ3v) is 2.40. The van der Waals surface area contributed by atoms with Gasteiger partial charge in [0, 0.05) is 18.8 Å². The predicted molar refractivity (Wildman–Crippen MR) is 55.0 cm³/mol. The van der Waals surface area contributed by atoms with E-state index in [0.29, 0.717) is 17.4 Å². The van der Waals surface area contributed by atoms with Gasteiger partial charge in [0.15, 0.2) is 0 Å². The summed E-state index contributed by atoms with van der Waals surface area (Å²) in [7, 11) is 0. The number of nitrogens with two attached hydrogens (primary N) is 1. The minimum Gasteiger partial charge on any atom is -0.397 e. The molecule has 1 aromatic heterocycles. The number of anilines is 1. The van der Waals surface area contributed by atoms with E-state index in [9.17, 15) is 4.79 Å². The number of amides is 1. The standard InChI is InChI=1S/C10H15N3O/c1-2-13-6-7(11)5-9(13)10(14)12-8-3-4-8/h5-6,8H,2-4,11H2,1H3,(H,12,14). The summed E-state index contributed by atoms with van der Waals surface area (Å²) in [5.41, 5.74) is 6.95. The molecule has 76 valence electrons. The first-order valence-electron chi connectivity index (χ1n) is 4.97. The van der Waals surface area contributed by atoms with E-state index in [1.165, 1.54) is 0 Å². The fourth-order valence-corrected chi connectivity index (χ4v) is 1.47. The molecule has 4 heteroatoms. The van der Waals surface area contributed by atoms with Crippen LogP contribution in [0.15, 0.2) is 12.3 Å². The number of aryl methyl sites for hydroxylation is 1. The molecule has 2 rings (SSSR count). The first-order chi connectivity index (χ1) is 6.70. The summed E-state index contributed by atoms with van der Waals surface area (Å²) < 4.78 is 1.87. The molecule has 4 nitrogen and oxygen atoms in total. The summed E-state index contributed by atoms with van der Waals surface area (Å²) in [4.78, 5) is 11.7. The van der Waals surface area contributed by atoms with Gasteiger partial charge in [0.2, 0.25) is 0 Å². The Morgan fingerprint density at radius 3 is 3.00 bits per heavy atom. The maximum atomic E-state index is 11.7. The molecule has 0 unspecified atom stereocenters. The highest BCUT2D eigenvalue weighted by molar-refractivity contribution is 5.94. The van der Waals surface area contributed by atoms with E-state index < -0.39 is 0 Å². The van der Waals surface area contributed by atoms with Crippen molar-refractivity contribution in [2.24, 2.45) is 0 Å². The van der Waals surface area contributed by atoms with Crippen LogP contribution >= 0.6 is 0 Å². The molecule has 14 heavy (non-hydrogen) atoms. The Hall–Kier alpha value is -1.45. The van der Waals surface area contributed by atoms with Crippen molar-refractivity contribution < 1.29 is 4.79 Å². The minimum atomic E-state index is -0.00829. The molecule has 1 saturated carbocycles.